The molecular weight excluding hydrogens is 392 g/mol. The third kappa shape index (κ3) is 4.67. The lowest BCUT2D eigenvalue weighted by atomic mass is 9.98. The molecule has 0 bridgehead atoms. The van der Waals surface area contributed by atoms with Crippen molar-refractivity contribution in [3.63, 3.8) is 0 Å². The summed E-state index contributed by atoms with van der Waals surface area (Å²) in [6.07, 6.45) is 1.48. The van der Waals surface area contributed by atoms with Gasteiger partial charge < -0.3 is 21.1 Å². The first-order valence-electron chi connectivity index (χ1n) is 8.48. The van der Waals surface area contributed by atoms with Crippen molar-refractivity contribution in [2.24, 2.45) is 10.9 Å². The minimum atomic E-state index is -4.35. The van der Waals surface area contributed by atoms with Crippen molar-refractivity contribution in [2.75, 3.05) is 18.2 Å². The van der Waals surface area contributed by atoms with Gasteiger partial charge in [0.05, 0.1) is 6.04 Å². The van der Waals surface area contributed by atoms with E-state index in [1.807, 2.05) is 0 Å². The van der Waals surface area contributed by atoms with Crippen LogP contribution in [0.3, 0.4) is 0 Å². The molecule has 0 radical (unpaired) electrons. The molecule has 2 unspecified atom stereocenters. The molecule has 3 rings (SSSR count). The Hall–Kier alpha value is -2.48. The van der Waals surface area contributed by atoms with Gasteiger partial charge in [-0.2, -0.15) is 8.42 Å². The molecule has 3 heterocycles. The third-order valence-corrected chi connectivity index (χ3v) is 4.37. The van der Waals surface area contributed by atoms with Gasteiger partial charge in [0.15, 0.2) is 5.82 Å². The molecule has 2 aliphatic rings. The molecule has 1 saturated heterocycles. The summed E-state index contributed by atoms with van der Waals surface area (Å²) >= 11 is 0. The number of carbonyl (C=O) groups excluding carboxylic acids is 1. The molecule has 0 amide bonds. The monoisotopic (exact) mass is 414 g/mol. The van der Waals surface area contributed by atoms with Crippen molar-refractivity contribution >= 4 is 28.1 Å². The third-order valence-electron chi connectivity index (χ3n) is 3.78. The highest BCUT2D eigenvalue weighted by atomic mass is 32.3. The maximum absolute atomic E-state index is 12.5. The molecule has 13 heteroatoms. The van der Waals surface area contributed by atoms with Crippen LogP contribution in [0.4, 0.5) is 5.82 Å². The lowest BCUT2D eigenvalue weighted by Gasteiger charge is -2.34. The fourth-order valence-electron chi connectivity index (χ4n) is 2.71. The molecule has 0 aromatic carbocycles. The van der Waals surface area contributed by atoms with E-state index < -0.39 is 22.0 Å². The van der Waals surface area contributed by atoms with Crippen LogP contribution in [-0.2, 0) is 28.5 Å². The average molecular weight is 414 g/mol. The van der Waals surface area contributed by atoms with E-state index in [-0.39, 0.29) is 23.8 Å². The molecule has 28 heavy (non-hydrogen) atoms. The first-order valence-corrected chi connectivity index (χ1v) is 9.81. The summed E-state index contributed by atoms with van der Waals surface area (Å²) in [5, 5.41) is 10.3. The fraction of sp³-hybridized carbons (Fsp3) is 0.533. The van der Waals surface area contributed by atoms with Crippen LogP contribution in [0.1, 0.15) is 32.4 Å². The number of nitrogens with two attached hydrogens (primary N) is 1. The van der Waals surface area contributed by atoms with Gasteiger partial charge in [-0.25, -0.2) is 9.27 Å². The molecule has 154 valence electrons. The first-order chi connectivity index (χ1) is 13.1. The van der Waals surface area contributed by atoms with Crippen molar-refractivity contribution < 1.29 is 26.5 Å². The normalized spacial score (nSPS) is 24.8. The van der Waals surface area contributed by atoms with Gasteiger partial charge in [0.1, 0.15) is 11.6 Å². The number of oxime groups is 1. The number of carbonyl (C=O) groups is 1. The molecule has 12 nitrogen and oxygen atoms in total. The Morgan fingerprint density at radius 3 is 2.68 bits per heavy atom. The Labute approximate surface area is 162 Å². The zero-order chi connectivity index (χ0) is 20.5. The second-order valence-electron chi connectivity index (χ2n) is 7.15. The number of hydroxylamine groups is 1. The molecule has 2 atom stereocenters. The number of pyridine rings is 1. The number of guanidine groups is 1. The highest BCUT2D eigenvalue weighted by Gasteiger charge is 2.35. The highest BCUT2D eigenvalue weighted by Crippen LogP contribution is 2.24. The Bertz CT molecular complexity index is 866. The van der Waals surface area contributed by atoms with Crippen LogP contribution in [0.15, 0.2) is 23.5 Å². The molecule has 2 aliphatic heterocycles. The van der Waals surface area contributed by atoms with Gasteiger partial charge in [0.25, 0.3) is 5.96 Å². The molecule has 0 aliphatic carbocycles. The van der Waals surface area contributed by atoms with Crippen molar-refractivity contribution in [1.82, 2.24) is 15.6 Å². The van der Waals surface area contributed by atoms with Crippen molar-refractivity contribution in [2.45, 2.75) is 38.5 Å². The Morgan fingerprint density at radius 2 is 2.04 bits per heavy atom. The standard InChI is InChI=1S/C15H22N6O6S/c1-15(2,3)25-13(22)12-11(17-6-7-18-12)9-4-5-10(19-8-9)21-14(16)20-26-28(23,24)27-21/h4-5,8,11-12,17-18H,6-7H2,1-3H3,(H2,16,20). The number of hydrogen-bond donors (Lipinski definition) is 3. The number of nitrogens with one attached hydrogen (secondary N) is 2. The highest BCUT2D eigenvalue weighted by molar-refractivity contribution is 7.82. The van der Waals surface area contributed by atoms with E-state index >= 15 is 0 Å². The average Bonchev–Trinajstić information content (AvgIpc) is 2.62. The van der Waals surface area contributed by atoms with E-state index in [4.69, 9.17) is 10.5 Å². The number of aromatic nitrogens is 1. The van der Waals surface area contributed by atoms with E-state index in [2.05, 4.69) is 29.3 Å². The van der Waals surface area contributed by atoms with E-state index in [9.17, 15) is 13.2 Å². The van der Waals surface area contributed by atoms with Crippen LogP contribution >= 0.6 is 0 Å². The second kappa shape index (κ2) is 7.50. The van der Waals surface area contributed by atoms with E-state index in [1.54, 1.807) is 26.8 Å². The Morgan fingerprint density at radius 1 is 1.32 bits per heavy atom. The smallest absolute Gasteiger partial charge is 0.459 e. The maximum Gasteiger partial charge on any atom is 0.491 e. The van der Waals surface area contributed by atoms with Gasteiger partial charge in [0.2, 0.25) is 0 Å². The summed E-state index contributed by atoms with van der Waals surface area (Å²) < 4.78 is 37.0. The largest absolute Gasteiger partial charge is 0.491 e. The Kier molecular flexibility index (Phi) is 5.43. The summed E-state index contributed by atoms with van der Waals surface area (Å²) in [6.45, 7) is 6.66. The van der Waals surface area contributed by atoms with Gasteiger partial charge in [-0.1, -0.05) is 6.07 Å². The fourth-order valence-corrected chi connectivity index (χ4v) is 3.24. The summed E-state index contributed by atoms with van der Waals surface area (Å²) in [5.74, 6) is -0.638. The van der Waals surface area contributed by atoms with Gasteiger partial charge in [0, 0.05) is 19.3 Å². The molecule has 0 spiro atoms. The van der Waals surface area contributed by atoms with Crippen molar-refractivity contribution in [3.05, 3.63) is 23.9 Å². The van der Waals surface area contributed by atoms with Gasteiger partial charge in [-0.3, -0.25) is 4.79 Å². The van der Waals surface area contributed by atoms with Gasteiger partial charge in [-0.15, -0.1) is 9.35 Å². The molecule has 1 aromatic heterocycles. The van der Waals surface area contributed by atoms with Crippen LogP contribution in [0.25, 0.3) is 0 Å². The molecule has 1 fully saturated rings. The zero-order valence-electron chi connectivity index (χ0n) is 15.6. The number of hydrogen-bond acceptors (Lipinski definition) is 12. The van der Waals surface area contributed by atoms with Crippen molar-refractivity contribution in [3.8, 4) is 0 Å². The first kappa shape index (κ1) is 20.3. The second-order valence-corrected chi connectivity index (χ2v) is 8.26. The van der Waals surface area contributed by atoms with Gasteiger partial charge in [-0.05, 0) is 37.6 Å². The molecule has 0 saturated carbocycles. The minimum absolute atomic E-state index is 0.0782. The predicted molar refractivity (Wildman–Crippen MR) is 97.8 cm³/mol. The molecule has 4 N–H and O–H groups in total. The summed E-state index contributed by atoms with van der Waals surface area (Å²) in [6, 6.07) is 2.17. The zero-order valence-corrected chi connectivity index (χ0v) is 16.4. The maximum atomic E-state index is 12.5. The lowest BCUT2D eigenvalue weighted by molar-refractivity contribution is -0.158. The Balaban J connectivity index is 1.80. The van der Waals surface area contributed by atoms with Crippen LogP contribution in [0.2, 0.25) is 0 Å². The van der Waals surface area contributed by atoms with E-state index in [0.717, 1.165) is 5.06 Å². The summed E-state index contributed by atoms with van der Waals surface area (Å²) in [5.41, 5.74) is 5.65. The van der Waals surface area contributed by atoms with Gasteiger partial charge >= 0.3 is 16.4 Å². The number of esters is 1. The van der Waals surface area contributed by atoms with Crippen LogP contribution in [0.5, 0.6) is 0 Å². The molecular formula is C15H22N6O6S. The van der Waals surface area contributed by atoms with E-state index in [0.29, 0.717) is 18.7 Å². The van der Waals surface area contributed by atoms with Crippen LogP contribution in [-0.4, -0.2) is 50.1 Å². The minimum Gasteiger partial charge on any atom is -0.459 e. The number of anilines is 1. The summed E-state index contributed by atoms with van der Waals surface area (Å²) in [7, 11) is -4.35. The number of rotatable bonds is 3. The number of piperazine rings is 1. The SMILES string of the molecule is CC(C)(C)OC(=O)C1NCCNC1c1ccc(N2OS(=O)(=O)ON=C2N)nc1. The molecule has 1 aromatic rings. The summed E-state index contributed by atoms with van der Waals surface area (Å²) in [4.78, 5) is 16.7. The van der Waals surface area contributed by atoms with Crippen LogP contribution in [0, 0.1) is 0 Å². The quantitative estimate of drug-likeness (QED) is 0.535. The topological polar surface area (TPSA) is 157 Å². The number of nitrogens with zero attached hydrogens (tertiary/aromatic N) is 3. The van der Waals surface area contributed by atoms with E-state index in [1.165, 1.54) is 12.3 Å². The lowest BCUT2D eigenvalue weighted by Crippen LogP contribution is -2.55. The van der Waals surface area contributed by atoms with Crippen LogP contribution < -0.4 is 21.4 Å². The number of ether oxygens (including phenoxy) is 1. The van der Waals surface area contributed by atoms with Crippen molar-refractivity contribution in [1.29, 1.82) is 0 Å². The predicted octanol–water partition coefficient (Wildman–Crippen LogP) is -0.731.